The van der Waals surface area contributed by atoms with E-state index < -0.39 is 6.16 Å². The quantitative estimate of drug-likeness (QED) is 0.731. The third-order valence-electron chi connectivity index (χ3n) is 0.821. The molecule has 0 bridgehead atoms. The van der Waals surface area contributed by atoms with Gasteiger partial charge in [0.1, 0.15) is 6.61 Å². The summed E-state index contributed by atoms with van der Waals surface area (Å²) in [5.41, 5.74) is 1.63. The Morgan fingerprint density at radius 1 is 1.82 bits per heavy atom. The van der Waals surface area contributed by atoms with E-state index in [2.05, 4.69) is 9.72 Å². The molecule has 6 heteroatoms. The molecule has 1 N–H and O–H groups in total. The monoisotopic (exact) mass is 195 g/mol. The highest BCUT2D eigenvalue weighted by Crippen LogP contribution is 2.06. The number of carboxylic acid groups (broad SMARTS) is 1. The second kappa shape index (κ2) is 4.92. The van der Waals surface area contributed by atoms with Crippen LogP contribution in [0.15, 0.2) is 11.7 Å². The fraction of sp³-hybridized carbons (Fsp3) is 0.200. The van der Waals surface area contributed by atoms with E-state index in [1.54, 1.807) is 11.7 Å². The molecular formula is C5H6ClNO3S. The third kappa shape index (κ3) is 3.79. The molecule has 62 valence electrons. The molecule has 0 spiro atoms. The van der Waals surface area contributed by atoms with Crippen molar-refractivity contribution in [2.75, 3.05) is 0 Å². The van der Waals surface area contributed by atoms with Crippen LogP contribution in [0.2, 0.25) is 0 Å². The molecule has 1 aromatic heterocycles. The van der Waals surface area contributed by atoms with Gasteiger partial charge in [-0.3, -0.25) is 4.98 Å². The van der Waals surface area contributed by atoms with Crippen molar-refractivity contribution in [3.8, 4) is 0 Å². The molecule has 0 saturated heterocycles. The Hall–Kier alpha value is -0.810. The minimum atomic E-state index is -1.26. The molecule has 1 heterocycles. The summed E-state index contributed by atoms with van der Waals surface area (Å²) in [6.45, 7) is 0.0972. The Balaban J connectivity index is 0.000001000. The van der Waals surface area contributed by atoms with Gasteiger partial charge in [0.2, 0.25) is 0 Å². The van der Waals surface area contributed by atoms with Gasteiger partial charge < -0.3 is 9.84 Å². The van der Waals surface area contributed by atoms with Gasteiger partial charge in [0.25, 0.3) is 0 Å². The zero-order chi connectivity index (χ0) is 7.40. The predicted molar refractivity (Wildman–Crippen MR) is 42.2 cm³/mol. The van der Waals surface area contributed by atoms with E-state index in [0.717, 1.165) is 4.88 Å². The summed E-state index contributed by atoms with van der Waals surface area (Å²) in [4.78, 5) is 14.4. The molecule has 0 aliphatic heterocycles. The maximum Gasteiger partial charge on any atom is 0.506 e. The van der Waals surface area contributed by atoms with Gasteiger partial charge in [0.05, 0.1) is 10.4 Å². The van der Waals surface area contributed by atoms with E-state index >= 15 is 0 Å². The van der Waals surface area contributed by atoms with Gasteiger partial charge in [-0.25, -0.2) is 4.79 Å². The standard InChI is InChI=1S/C5H5NO3S.ClH/c7-5(8)9-2-4-1-6-3-10-4;/h1,3H,2H2,(H,7,8);1H. The van der Waals surface area contributed by atoms with Crippen LogP contribution in [0.4, 0.5) is 4.79 Å². The first kappa shape index (κ1) is 10.2. The van der Waals surface area contributed by atoms with Crippen molar-refractivity contribution >= 4 is 29.9 Å². The Morgan fingerprint density at radius 2 is 2.55 bits per heavy atom. The van der Waals surface area contributed by atoms with E-state index in [-0.39, 0.29) is 19.0 Å². The average molecular weight is 196 g/mol. The van der Waals surface area contributed by atoms with Crippen molar-refractivity contribution in [1.82, 2.24) is 4.98 Å². The largest absolute Gasteiger partial charge is 0.506 e. The van der Waals surface area contributed by atoms with Gasteiger partial charge in [0, 0.05) is 6.20 Å². The van der Waals surface area contributed by atoms with Crippen molar-refractivity contribution in [3.05, 3.63) is 16.6 Å². The summed E-state index contributed by atoms with van der Waals surface area (Å²) in [7, 11) is 0. The molecule has 0 aromatic carbocycles. The molecule has 1 rings (SSSR count). The summed E-state index contributed by atoms with van der Waals surface area (Å²) < 4.78 is 4.27. The number of ether oxygens (including phenoxy) is 1. The Bertz CT molecular complexity index is 214. The Labute approximate surface area is 73.2 Å². The Morgan fingerprint density at radius 3 is 3.00 bits per heavy atom. The second-order valence-corrected chi connectivity index (χ2v) is 2.49. The zero-order valence-corrected chi connectivity index (χ0v) is 7.02. The van der Waals surface area contributed by atoms with Gasteiger partial charge in [-0.1, -0.05) is 0 Å². The first-order valence-electron chi connectivity index (χ1n) is 2.52. The molecule has 0 amide bonds. The van der Waals surface area contributed by atoms with E-state index in [4.69, 9.17) is 5.11 Å². The van der Waals surface area contributed by atoms with Crippen LogP contribution >= 0.6 is 23.7 Å². The van der Waals surface area contributed by atoms with Crippen molar-refractivity contribution < 1.29 is 14.6 Å². The molecule has 0 aliphatic rings. The van der Waals surface area contributed by atoms with Crippen LogP contribution in [-0.4, -0.2) is 16.2 Å². The number of carbonyl (C=O) groups is 1. The fourth-order valence-electron chi connectivity index (χ4n) is 0.446. The maximum absolute atomic E-state index is 9.86. The number of hydrogen-bond acceptors (Lipinski definition) is 4. The minimum Gasteiger partial charge on any atom is -0.450 e. The lowest BCUT2D eigenvalue weighted by Gasteiger charge is -1.93. The van der Waals surface area contributed by atoms with Gasteiger partial charge >= 0.3 is 6.16 Å². The summed E-state index contributed by atoms with van der Waals surface area (Å²) in [5, 5.41) is 8.07. The van der Waals surface area contributed by atoms with Crippen LogP contribution in [0, 0.1) is 0 Å². The first-order chi connectivity index (χ1) is 4.79. The predicted octanol–water partition coefficient (Wildman–Crippen LogP) is 1.76. The average Bonchev–Trinajstić information content (AvgIpc) is 2.34. The van der Waals surface area contributed by atoms with Crippen molar-refractivity contribution in [2.45, 2.75) is 6.61 Å². The van der Waals surface area contributed by atoms with Gasteiger partial charge in [-0.15, -0.1) is 23.7 Å². The molecular weight excluding hydrogens is 190 g/mol. The number of rotatable bonds is 2. The van der Waals surface area contributed by atoms with Gasteiger partial charge in [-0.05, 0) is 0 Å². The number of nitrogens with zero attached hydrogens (tertiary/aromatic N) is 1. The van der Waals surface area contributed by atoms with Gasteiger partial charge in [0.15, 0.2) is 0 Å². The highest BCUT2D eigenvalue weighted by Gasteiger charge is 1.98. The zero-order valence-electron chi connectivity index (χ0n) is 5.39. The molecule has 0 unspecified atom stereocenters. The minimum absolute atomic E-state index is 0. The lowest BCUT2D eigenvalue weighted by molar-refractivity contribution is 0.0862. The first-order valence-corrected chi connectivity index (χ1v) is 3.40. The van der Waals surface area contributed by atoms with Crippen LogP contribution in [0.5, 0.6) is 0 Å². The van der Waals surface area contributed by atoms with Crippen LogP contribution in [0.3, 0.4) is 0 Å². The molecule has 0 fully saturated rings. The molecule has 0 aliphatic carbocycles. The second-order valence-electron chi connectivity index (χ2n) is 1.52. The highest BCUT2D eigenvalue weighted by molar-refractivity contribution is 7.09. The SMILES string of the molecule is Cl.O=C(O)OCc1cncs1. The number of hydrogen-bond donors (Lipinski definition) is 1. The van der Waals surface area contributed by atoms with E-state index in [0.29, 0.717) is 0 Å². The lowest BCUT2D eigenvalue weighted by Crippen LogP contribution is -1.98. The molecule has 11 heavy (non-hydrogen) atoms. The third-order valence-corrected chi connectivity index (χ3v) is 1.57. The smallest absolute Gasteiger partial charge is 0.450 e. The summed E-state index contributed by atoms with van der Waals surface area (Å²) in [6, 6.07) is 0. The summed E-state index contributed by atoms with van der Waals surface area (Å²) in [5.74, 6) is 0. The molecule has 0 atom stereocenters. The summed E-state index contributed by atoms with van der Waals surface area (Å²) >= 11 is 1.37. The molecule has 0 radical (unpaired) electrons. The van der Waals surface area contributed by atoms with Crippen LogP contribution < -0.4 is 0 Å². The maximum atomic E-state index is 9.86. The van der Waals surface area contributed by atoms with Crippen molar-refractivity contribution in [1.29, 1.82) is 0 Å². The highest BCUT2D eigenvalue weighted by atomic mass is 35.5. The van der Waals surface area contributed by atoms with E-state index in [1.165, 1.54) is 11.3 Å². The van der Waals surface area contributed by atoms with Crippen LogP contribution in [0.25, 0.3) is 0 Å². The van der Waals surface area contributed by atoms with Crippen molar-refractivity contribution in [2.24, 2.45) is 0 Å². The molecule has 4 nitrogen and oxygen atoms in total. The summed E-state index contributed by atoms with van der Waals surface area (Å²) in [6.07, 6.45) is 0.321. The molecule has 1 aromatic rings. The normalized spacial score (nSPS) is 8.36. The molecule has 0 saturated carbocycles. The topological polar surface area (TPSA) is 59.4 Å². The lowest BCUT2D eigenvalue weighted by atomic mass is 10.6. The van der Waals surface area contributed by atoms with E-state index in [1.807, 2.05) is 0 Å². The Kier molecular flexibility index (Phi) is 4.56. The van der Waals surface area contributed by atoms with Crippen molar-refractivity contribution in [3.63, 3.8) is 0 Å². The number of halogens is 1. The van der Waals surface area contributed by atoms with Gasteiger partial charge in [-0.2, -0.15) is 0 Å². The number of thiazole rings is 1. The van der Waals surface area contributed by atoms with E-state index in [9.17, 15) is 4.79 Å². The number of aromatic nitrogens is 1. The fourth-order valence-corrected chi connectivity index (χ4v) is 0.952. The van der Waals surface area contributed by atoms with Crippen LogP contribution in [-0.2, 0) is 11.3 Å². The van der Waals surface area contributed by atoms with Crippen LogP contribution in [0.1, 0.15) is 4.88 Å².